The Hall–Kier alpha value is -2.22. The first-order valence-electron chi connectivity index (χ1n) is 8.48. The highest BCUT2D eigenvalue weighted by Crippen LogP contribution is 2.25. The van der Waals surface area contributed by atoms with E-state index < -0.39 is 9.84 Å². The summed E-state index contributed by atoms with van der Waals surface area (Å²) in [6.45, 7) is 0.332. The molecular weight excluding hydrogens is 340 g/mol. The van der Waals surface area contributed by atoms with E-state index >= 15 is 0 Å². The van der Waals surface area contributed by atoms with Crippen molar-refractivity contribution in [1.29, 1.82) is 0 Å². The second kappa shape index (κ2) is 7.77. The van der Waals surface area contributed by atoms with Gasteiger partial charge in [-0.15, -0.1) is 0 Å². The van der Waals surface area contributed by atoms with Gasteiger partial charge in [0.05, 0.1) is 11.0 Å². The summed E-state index contributed by atoms with van der Waals surface area (Å²) in [7, 11) is -3.16. The molecule has 2 aromatic rings. The van der Waals surface area contributed by atoms with Gasteiger partial charge < -0.3 is 5.32 Å². The SMILES string of the molecule is O=C(CCS(=O)(=O)C1CCCC1)NCc1ccnc(-n2cccn2)c1. The summed E-state index contributed by atoms with van der Waals surface area (Å²) in [4.78, 5) is 16.2. The summed E-state index contributed by atoms with van der Waals surface area (Å²) in [5, 5.41) is 6.64. The number of hydrogen-bond donors (Lipinski definition) is 1. The summed E-state index contributed by atoms with van der Waals surface area (Å²) in [5.74, 6) is 0.345. The van der Waals surface area contributed by atoms with Crippen molar-refractivity contribution >= 4 is 15.7 Å². The first kappa shape index (κ1) is 17.6. The largest absolute Gasteiger partial charge is 0.352 e. The van der Waals surface area contributed by atoms with Gasteiger partial charge in [-0.1, -0.05) is 12.8 Å². The third-order valence-corrected chi connectivity index (χ3v) is 6.72. The lowest BCUT2D eigenvalue weighted by atomic mass is 10.2. The number of sulfone groups is 1. The van der Waals surface area contributed by atoms with Crippen LogP contribution in [0.4, 0.5) is 0 Å². The molecule has 2 heterocycles. The number of hydrogen-bond acceptors (Lipinski definition) is 5. The molecule has 8 heteroatoms. The van der Waals surface area contributed by atoms with Crippen LogP contribution in [0.1, 0.15) is 37.7 Å². The zero-order chi connectivity index (χ0) is 17.7. The van der Waals surface area contributed by atoms with Crippen molar-refractivity contribution in [1.82, 2.24) is 20.1 Å². The van der Waals surface area contributed by atoms with Crippen LogP contribution >= 0.6 is 0 Å². The zero-order valence-electron chi connectivity index (χ0n) is 14.0. The minimum atomic E-state index is -3.16. The molecule has 0 unspecified atom stereocenters. The lowest BCUT2D eigenvalue weighted by molar-refractivity contribution is -0.120. The minimum Gasteiger partial charge on any atom is -0.352 e. The third-order valence-electron chi connectivity index (χ3n) is 4.46. The highest BCUT2D eigenvalue weighted by atomic mass is 32.2. The molecule has 1 fully saturated rings. The molecule has 0 aromatic carbocycles. The van der Waals surface area contributed by atoms with Crippen molar-refractivity contribution in [2.24, 2.45) is 0 Å². The lowest BCUT2D eigenvalue weighted by Crippen LogP contribution is -2.28. The molecule has 0 saturated heterocycles. The van der Waals surface area contributed by atoms with Gasteiger partial charge in [0.2, 0.25) is 5.91 Å². The van der Waals surface area contributed by atoms with E-state index in [1.165, 1.54) is 0 Å². The quantitative estimate of drug-likeness (QED) is 0.808. The number of rotatable bonds is 7. The van der Waals surface area contributed by atoms with Crippen molar-refractivity contribution < 1.29 is 13.2 Å². The first-order chi connectivity index (χ1) is 12.0. The van der Waals surface area contributed by atoms with Crippen molar-refractivity contribution in [2.75, 3.05) is 5.75 Å². The highest BCUT2D eigenvalue weighted by Gasteiger charge is 2.28. The van der Waals surface area contributed by atoms with Crippen LogP contribution in [-0.2, 0) is 21.2 Å². The molecule has 0 spiro atoms. The summed E-state index contributed by atoms with van der Waals surface area (Å²) in [6.07, 6.45) is 8.53. The van der Waals surface area contributed by atoms with Gasteiger partial charge in [-0.3, -0.25) is 4.79 Å². The molecule has 1 aliphatic carbocycles. The van der Waals surface area contributed by atoms with Gasteiger partial charge in [-0.2, -0.15) is 5.10 Å². The van der Waals surface area contributed by atoms with E-state index in [9.17, 15) is 13.2 Å². The molecule has 1 aliphatic rings. The topological polar surface area (TPSA) is 94.0 Å². The van der Waals surface area contributed by atoms with E-state index in [1.807, 2.05) is 12.1 Å². The number of nitrogens with one attached hydrogen (secondary N) is 1. The number of pyridine rings is 1. The minimum absolute atomic E-state index is 0.00985. The van der Waals surface area contributed by atoms with E-state index in [4.69, 9.17) is 0 Å². The van der Waals surface area contributed by atoms with Crippen molar-refractivity contribution in [3.63, 3.8) is 0 Å². The van der Waals surface area contributed by atoms with Crippen LogP contribution < -0.4 is 5.32 Å². The Bertz CT molecular complexity index is 812. The first-order valence-corrected chi connectivity index (χ1v) is 10.2. The van der Waals surface area contributed by atoms with E-state index in [-0.39, 0.29) is 23.3 Å². The van der Waals surface area contributed by atoms with Gasteiger partial charge in [-0.25, -0.2) is 18.1 Å². The molecule has 0 atom stereocenters. The fourth-order valence-electron chi connectivity index (χ4n) is 3.04. The second-order valence-electron chi connectivity index (χ2n) is 6.27. The van der Waals surface area contributed by atoms with Crippen LogP contribution in [0, 0.1) is 0 Å². The predicted molar refractivity (Wildman–Crippen MR) is 93.9 cm³/mol. The van der Waals surface area contributed by atoms with Gasteiger partial charge in [-0.05, 0) is 36.6 Å². The van der Waals surface area contributed by atoms with Crippen LogP contribution in [0.3, 0.4) is 0 Å². The van der Waals surface area contributed by atoms with Gasteiger partial charge in [0.25, 0.3) is 0 Å². The average molecular weight is 362 g/mol. The van der Waals surface area contributed by atoms with E-state index in [1.54, 1.807) is 29.3 Å². The van der Waals surface area contributed by atoms with Crippen LogP contribution in [0.5, 0.6) is 0 Å². The maximum absolute atomic E-state index is 12.2. The van der Waals surface area contributed by atoms with Crippen molar-refractivity contribution in [3.8, 4) is 5.82 Å². The van der Waals surface area contributed by atoms with E-state index in [2.05, 4.69) is 15.4 Å². The Balaban J connectivity index is 1.50. The average Bonchev–Trinajstić information content (AvgIpc) is 3.32. The Morgan fingerprint density at radius 2 is 2.08 bits per heavy atom. The maximum atomic E-state index is 12.2. The molecular formula is C17H22N4O3S. The van der Waals surface area contributed by atoms with Gasteiger partial charge >= 0.3 is 0 Å². The highest BCUT2D eigenvalue weighted by molar-refractivity contribution is 7.92. The summed E-state index contributed by atoms with van der Waals surface area (Å²) in [5.41, 5.74) is 0.882. The Morgan fingerprint density at radius 1 is 1.28 bits per heavy atom. The summed E-state index contributed by atoms with van der Waals surface area (Å²) < 4.78 is 26.0. The number of carbonyl (C=O) groups is 1. The van der Waals surface area contributed by atoms with Gasteiger partial charge in [0, 0.05) is 31.6 Å². The van der Waals surface area contributed by atoms with E-state index in [0.717, 1.165) is 31.2 Å². The smallest absolute Gasteiger partial charge is 0.221 e. The fourth-order valence-corrected chi connectivity index (χ4v) is 4.89. The zero-order valence-corrected chi connectivity index (χ0v) is 14.8. The normalized spacial score (nSPS) is 15.4. The molecule has 25 heavy (non-hydrogen) atoms. The standard InChI is InChI=1S/C17H22N4O3S/c22-17(7-11-25(23,24)15-4-1-2-5-15)19-13-14-6-9-18-16(12-14)21-10-3-8-20-21/h3,6,8-10,12,15H,1-2,4-5,7,11,13H2,(H,19,22). The van der Waals surface area contributed by atoms with Crippen molar-refractivity contribution in [3.05, 3.63) is 42.4 Å². The lowest BCUT2D eigenvalue weighted by Gasteiger charge is -2.11. The Labute approximate surface area is 147 Å². The van der Waals surface area contributed by atoms with Crippen LogP contribution in [0.15, 0.2) is 36.8 Å². The molecule has 7 nitrogen and oxygen atoms in total. The number of carbonyl (C=O) groups excluding carboxylic acids is 1. The van der Waals surface area contributed by atoms with Crippen molar-refractivity contribution in [2.45, 2.75) is 43.9 Å². The molecule has 3 rings (SSSR count). The molecule has 1 N–H and O–H groups in total. The Morgan fingerprint density at radius 3 is 2.80 bits per heavy atom. The molecule has 134 valence electrons. The second-order valence-corrected chi connectivity index (χ2v) is 8.67. The maximum Gasteiger partial charge on any atom is 0.221 e. The van der Waals surface area contributed by atoms with Crippen LogP contribution in [0.2, 0.25) is 0 Å². The van der Waals surface area contributed by atoms with Crippen LogP contribution in [0.25, 0.3) is 5.82 Å². The number of amides is 1. The molecule has 2 aromatic heterocycles. The van der Waals surface area contributed by atoms with Gasteiger partial charge in [0.1, 0.15) is 0 Å². The monoisotopic (exact) mass is 362 g/mol. The number of nitrogens with zero attached hydrogens (tertiary/aromatic N) is 3. The summed E-state index contributed by atoms with van der Waals surface area (Å²) in [6, 6.07) is 5.45. The number of aromatic nitrogens is 3. The predicted octanol–water partition coefficient (Wildman–Crippen LogP) is 1.63. The van der Waals surface area contributed by atoms with Crippen LogP contribution in [-0.4, -0.2) is 40.1 Å². The van der Waals surface area contributed by atoms with E-state index in [0.29, 0.717) is 12.4 Å². The molecule has 1 saturated carbocycles. The summed E-state index contributed by atoms with van der Waals surface area (Å²) >= 11 is 0. The third kappa shape index (κ3) is 4.66. The molecule has 0 bridgehead atoms. The molecule has 1 amide bonds. The molecule has 0 aliphatic heterocycles. The fraction of sp³-hybridized carbons (Fsp3) is 0.471. The Kier molecular flexibility index (Phi) is 5.47. The molecule has 0 radical (unpaired) electrons. The van der Waals surface area contributed by atoms with Gasteiger partial charge in [0.15, 0.2) is 15.7 Å².